The zero-order valence-electron chi connectivity index (χ0n) is 15.8. The van der Waals surface area contributed by atoms with Crippen LogP contribution in [0.1, 0.15) is 46.5 Å². The van der Waals surface area contributed by atoms with Crippen LogP contribution in [0.25, 0.3) is 0 Å². The highest BCUT2D eigenvalue weighted by atomic mass is 32.2. The summed E-state index contributed by atoms with van der Waals surface area (Å²) in [7, 11) is -5.24. The Balaban J connectivity index is 2.67. The molecule has 24 heavy (non-hydrogen) atoms. The number of sulfonamides is 1. The summed E-state index contributed by atoms with van der Waals surface area (Å²) in [5, 5.41) is 9.17. The molecule has 1 aliphatic carbocycles. The SMILES string of the molecule is CC(C)(C)[Si](C)(C)OCCN(C1CCC(C(=O)O)CC1)S(C)(=O)=O. The van der Waals surface area contributed by atoms with E-state index in [0.717, 1.165) is 0 Å². The number of hydrogen-bond acceptors (Lipinski definition) is 4. The molecule has 142 valence electrons. The van der Waals surface area contributed by atoms with Gasteiger partial charge in [-0.1, -0.05) is 20.8 Å². The van der Waals surface area contributed by atoms with Gasteiger partial charge in [-0.2, -0.15) is 4.31 Å². The minimum Gasteiger partial charge on any atom is -0.481 e. The summed E-state index contributed by atoms with van der Waals surface area (Å²) < 4.78 is 31.9. The minimum absolute atomic E-state index is 0.0858. The molecule has 8 heteroatoms. The van der Waals surface area contributed by atoms with Crippen LogP contribution in [0.2, 0.25) is 18.1 Å². The van der Waals surface area contributed by atoms with Crippen molar-refractivity contribution in [1.29, 1.82) is 0 Å². The number of hydrogen-bond donors (Lipinski definition) is 1. The van der Waals surface area contributed by atoms with Crippen LogP contribution in [0.15, 0.2) is 0 Å². The zero-order chi connectivity index (χ0) is 18.8. The Morgan fingerprint density at radius 2 is 1.71 bits per heavy atom. The summed E-state index contributed by atoms with van der Waals surface area (Å²) in [4.78, 5) is 11.1. The van der Waals surface area contributed by atoms with E-state index in [4.69, 9.17) is 9.53 Å². The van der Waals surface area contributed by atoms with Gasteiger partial charge in [0.2, 0.25) is 10.0 Å². The van der Waals surface area contributed by atoms with Crippen molar-refractivity contribution in [3.63, 3.8) is 0 Å². The van der Waals surface area contributed by atoms with E-state index in [1.54, 1.807) is 0 Å². The fourth-order valence-corrected chi connectivity index (χ4v) is 5.03. The first-order valence-corrected chi connectivity index (χ1v) is 13.3. The van der Waals surface area contributed by atoms with Crippen molar-refractivity contribution in [3.8, 4) is 0 Å². The van der Waals surface area contributed by atoms with E-state index >= 15 is 0 Å². The molecule has 1 aliphatic rings. The molecule has 0 heterocycles. The van der Waals surface area contributed by atoms with Gasteiger partial charge in [0.05, 0.1) is 12.2 Å². The van der Waals surface area contributed by atoms with Crippen molar-refractivity contribution >= 4 is 24.3 Å². The van der Waals surface area contributed by atoms with Crippen LogP contribution in [0, 0.1) is 5.92 Å². The molecule has 1 fully saturated rings. The van der Waals surface area contributed by atoms with Crippen LogP contribution in [0.3, 0.4) is 0 Å². The van der Waals surface area contributed by atoms with Gasteiger partial charge in [-0.25, -0.2) is 8.42 Å². The van der Waals surface area contributed by atoms with Gasteiger partial charge in [-0.05, 0) is 43.8 Å². The Morgan fingerprint density at radius 1 is 1.21 bits per heavy atom. The Kier molecular flexibility index (Phi) is 7.06. The van der Waals surface area contributed by atoms with Crippen molar-refractivity contribution < 1.29 is 22.7 Å². The van der Waals surface area contributed by atoms with E-state index < -0.39 is 24.3 Å². The summed E-state index contributed by atoms with van der Waals surface area (Å²) in [6.07, 6.45) is 3.50. The quantitative estimate of drug-likeness (QED) is 0.688. The van der Waals surface area contributed by atoms with E-state index in [2.05, 4.69) is 33.9 Å². The fraction of sp³-hybridized carbons (Fsp3) is 0.938. The van der Waals surface area contributed by atoms with Gasteiger partial charge < -0.3 is 9.53 Å². The standard InChI is InChI=1S/C16H33NO5SSi/c1-16(2,3)24(5,6)22-12-11-17(23(4,20)21)14-9-7-13(8-10-14)15(18)19/h13-14H,7-12H2,1-6H3,(H,18,19). The third-order valence-corrected chi connectivity index (χ3v) is 11.3. The predicted molar refractivity (Wildman–Crippen MR) is 98.1 cm³/mol. The summed E-state index contributed by atoms with van der Waals surface area (Å²) in [6.45, 7) is 11.5. The van der Waals surface area contributed by atoms with Gasteiger partial charge in [-0.15, -0.1) is 0 Å². The number of rotatable bonds is 7. The lowest BCUT2D eigenvalue weighted by Gasteiger charge is -2.38. The summed E-state index contributed by atoms with van der Waals surface area (Å²) in [6, 6.07) is -0.112. The lowest BCUT2D eigenvalue weighted by Crippen LogP contribution is -2.47. The number of carbonyl (C=O) groups is 1. The highest BCUT2D eigenvalue weighted by Gasteiger charge is 2.38. The van der Waals surface area contributed by atoms with Crippen molar-refractivity contribution in [2.24, 2.45) is 5.92 Å². The van der Waals surface area contributed by atoms with Crippen LogP contribution in [-0.2, 0) is 19.2 Å². The van der Waals surface area contributed by atoms with Gasteiger partial charge in [0.15, 0.2) is 8.32 Å². The topological polar surface area (TPSA) is 83.9 Å². The van der Waals surface area contributed by atoms with Crippen LogP contribution in [0.4, 0.5) is 0 Å². The molecular weight excluding hydrogens is 346 g/mol. The molecule has 0 aliphatic heterocycles. The molecule has 0 aromatic carbocycles. The Bertz CT molecular complexity index is 533. The Hall–Kier alpha value is -0.443. The minimum atomic E-state index is -3.33. The van der Waals surface area contributed by atoms with E-state index in [-0.39, 0.29) is 17.0 Å². The monoisotopic (exact) mass is 379 g/mol. The molecule has 0 aromatic rings. The van der Waals surface area contributed by atoms with E-state index in [0.29, 0.717) is 38.8 Å². The number of carboxylic acids is 1. The zero-order valence-corrected chi connectivity index (χ0v) is 17.6. The first-order valence-electron chi connectivity index (χ1n) is 8.59. The molecule has 0 saturated heterocycles. The van der Waals surface area contributed by atoms with E-state index in [1.165, 1.54) is 10.6 Å². The maximum Gasteiger partial charge on any atom is 0.306 e. The molecule has 1 rings (SSSR count). The van der Waals surface area contributed by atoms with Gasteiger partial charge in [0, 0.05) is 19.2 Å². The van der Waals surface area contributed by atoms with Crippen molar-refractivity contribution in [2.75, 3.05) is 19.4 Å². The molecule has 1 saturated carbocycles. The van der Waals surface area contributed by atoms with Crippen LogP contribution < -0.4 is 0 Å². The summed E-state index contributed by atoms with van der Waals surface area (Å²) in [5.41, 5.74) is 0. The number of nitrogens with zero attached hydrogens (tertiary/aromatic N) is 1. The Labute approximate surface area is 147 Å². The van der Waals surface area contributed by atoms with Crippen LogP contribution >= 0.6 is 0 Å². The lowest BCUT2D eigenvalue weighted by molar-refractivity contribution is -0.143. The second-order valence-electron chi connectivity index (χ2n) is 8.33. The summed E-state index contributed by atoms with van der Waals surface area (Å²) >= 11 is 0. The van der Waals surface area contributed by atoms with E-state index in [1.807, 2.05) is 0 Å². The van der Waals surface area contributed by atoms with Gasteiger partial charge in [0.25, 0.3) is 0 Å². The molecule has 0 bridgehead atoms. The fourth-order valence-electron chi connectivity index (χ4n) is 2.84. The molecule has 0 unspecified atom stereocenters. The van der Waals surface area contributed by atoms with E-state index in [9.17, 15) is 13.2 Å². The third-order valence-electron chi connectivity index (χ3n) is 5.46. The number of aliphatic carboxylic acids is 1. The van der Waals surface area contributed by atoms with Gasteiger partial charge in [-0.3, -0.25) is 4.79 Å². The predicted octanol–water partition coefficient (Wildman–Crippen LogP) is 2.91. The molecule has 0 radical (unpaired) electrons. The average Bonchev–Trinajstić information content (AvgIpc) is 2.41. The first-order chi connectivity index (χ1) is 10.8. The normalized spacial score (nSPS) is 23.5. The Morgan fingerprint density at radius 3 is 2.08 bits per heavy atom. The van der Waals surface area contributed by atoms with Crippen molar-refractivity contribution in [3.05, 3.63) is 0 Å². The molecule has 0 spiro atoms. The molecular formula is C16H33NO5SSi. The largest absolute Gasteiger partial charge is 0.481 e. The van der Waals surface area contributed by atoms with Crippen LogP contribution in [0.5, 0.6) is 0 Å². The average molecular weight is 380 g/mol. The van der Waals surface area contributed by atoms with Crippen LogP contribution in [-0.4, -0.2) is 57.6 Å². The molecule has 0 amide bonds. The van der Waals surface area contributed by atoms with Crippen molar-refractivity contribution in [1.82, 2.24) is 4.31 Å². The maximum atomic E-state index is 12.2. The lowest BCUT2D eigenvalue weighted by atomic mass is 9.86. The first kappa shape index (κ1) is 21.6. The van der Waals surface area contributed by atoms with Gasteiger partial charge >= 0.3 is 5.97 Å². The third kappa shape index (κ3) is 5.82. The molecule has 6 nitrogen and oxygen atoms in total. The molecule has 0 aromatic heterocycles. The van der Waals surface area contributed by atoms with Crippen molar-refractivity contribution in [2.45, 2.75) is 70.6 Å². The second kappa shape index (κ2) is 7.84. The summed E-state index contributed by atoms with van der Waals surface area (Å²) in [5.74, 6) is -1.12. The molecule has 1 N–H and O–H groups in total. The maximum absolute atomic E-state index is 12.2. The van der Waals surface area contributed by atoms with Gasteiger partial charge in [0.1, 0.15) is 0 Å². The highest BCUT2D eigenvalue weighted by molar-refractivity contribution is 7.88. The molecule has 0 atom stereocenters. The second-order valence-corrected chi connectivity index (χ2v) is 15.1. The highest BCUT2D eigenvalue weighted by Crippen LogP contribution is 2.36. The smallest absolute Gasteiger partial charge is 0.306 e. The number of carboxylic acid groups (broad SMARTS) is 1.